The van der Waals surface area contributed by atoms with E-state index < -0.39 is 16.5 Å². The summed E-state index contributed by atoms with van der Waals surface area (Å²) in [5.74, 6) is -0.147. The van der Waals surface area contributed by atoms with Crippen LogP contribution in [-0.4, -0.2) is 20.8 Å². The van der Waals surface area contributed by atoms with Crippen LogP contribution in [0.4, 0.5) is 4.39 Å². The zero-order valence-electron chi connectivity index (χ0n) is 8.32. The van der Waals surface area contributed by atoms with Crippen molar-refractivity contribution < 1.29 is 12.8 Å². The lowest BCUT2D eigenvalue weighted by Gasteiger charge is -2.03. The minimum Gasteiger partial charge on any atom is -0.326 e. The predicted octanol–water partition coefficient (Wildman–Crippen LogP) is 1.28. The average molecular weight is 231 g/mol. The maximum Gasteiger partial charge on any atom is 0.178 e. The van der Waals surface area contributed by atoms with E-state index in [9.17, 15) is 12.8 Å². The van der Waals surface area contributed by atoms with E-state index in [0.717, 1.165) is 5.56 Å². The summed E-state index contributed by atoms with van der Waals surface area (Å²) in [4.78, 5) is 0.230. The van der Waals surface area contributed by atoms with Crippen LogP contribution < -0.4 is 5.73 Å². The molecule has 5 heteroatoms. The standard InChI is InChI=1S/C10H14FNO2S/c11-6-1-7-15(13,14)10-4-2-9(8-12)3-5-10/h2-5H,1,6-8,12H2. The number of benzene rings is 1. The zero-order chi connectivity index (χ0) is 11.3. The second-order valence-corrected chi connectivity index (χ2v) is 5.32. The SMILES string of the molecule is NCc1ccc(S(=O)(=O)CCCF)cc1. The van der Waals surface area contributed by atoms with Gasteiger partial charge in [-0.2, -0.15) is 0 Å². The zero-order valence-corrected chi connectivity index (χ0v) is 9.13. The molecule has 0 spiro atoms. The lowest BCUT2D eigenvalue weighted by molar-refractivity contribution is 0.484. The van der Waals surface area contributed by atoms with Crippen LogP contribution in [0.15, 0.2) is 29.2 Å². The Morgan fingerprint density at radius 3 is 2.27 bits per heavy atom. The van der Waals surface area contributed by atoms with Crippen LogP contribution in [0, 0.1) is 0 Å². The van der Waals surface area contributed by atoms with Crippen molar-refractivity contribution in [1.82, 2.24) is 0 Å². The first-order valence-corrected chi connectivity index (χ1v) is 6.33. The van der Waals surface area contributed by atoms with E-state index in [0.29, 0.717) is 6.54 Å². The Morgan fingerprint density at radius 1 is 1.20 bits per heavy atom. The fourth-order valence-electron chi connectivity index (χ4n) is 1.20. The molecule has 0 aliphatic carbocycles. The van der Waals surface area contributed by atoms with Gasteiger partial charge in [-0.3, -0.25) is 4.39 Å². The van der Waals surface area contributed by atoms with Crippen molar-refractivity contribution in [1.29, 1.82) is 0 Å². The second-order valence-electron chi connectivity index (χ2n) is 3.21. The molecule has 0 radical (unpaired) electrons. The largest absolute Gasteiger partial charge is 0.326 e. The van der Waals surface area contributed by atoms with E-state index in [2.05, 4.69) is 0 Å². The number of sulfone groups is 1. The molecule has 15 heavy (non-hydrogen) atoms. The molecule has 1 rings (SSSR count). The number of hydrogen-bond donors (Lipinski definition) is 1. The Kier molecular flexibility index (Phi) is 4.23. The highest BCUT2D eigenvalue weighted by Gasteiger charge is 2.13. The van der Waals surface area contributed by atoms with Gasteiger partial charge in [0.1, 0.15) is 0 Å². The Hall–Kier alpha value is -0.940. The van der Waals surface area contributed by atoms with Crippen LogP contribution in [-0.2, 0) is 16.4 Å². The minimum atomic E-state index is -3.33. The molecule has 0 aliphatic rings. The van der Waals surface area contributed by atoms with Gasteiger partial charge in [0, 0.05) is 6.54 Å². The maximum atomic E-state index is 11.9. The van der Waals surface area contributed by atoms with Gasteiger partial charge >= 0.3 is 0 Å². The quantitative estimate of drug-likeness (QED) is 0.830. The van der Waals surface area contributed by atoms with Crippen molar-refractivity contribution in [3.05, 3.63) is 29.8 Å². The number of alkyl halides is 1. The molecular formula is C10H14FNO2S. The van der Waals surface area contributed by atoms with Gasteiger partial charge in [0.05, 0.1) is 17.3 Å². The lowest BCUT2D eigenvalue weighted by Crippen LogP contribution is -2.07. The average Bonchev–Trinajstić information content (AvgIpc) is 2.26. The molecule has 0 aromatic heterocycles. The topological polar surface area (TPSA) is 60.2 Å². The smallest absolute Gasteiger partial charge is 0.178 e. The lowest BCUT2D eigenvalue weighted by atomic mass is 10.2. The molecule has 0 bridgehead atoms. The molecule has 3 nitrogen and oxygen atoms in total. The Balaban J connectivity index is 2.86. The fourth-order valence-corrected chi connectivity index (χ4v) is 2.47. The summed E-state index contributed by atoms with van der Waals surface area (Å²) in [6.07, 6.45) is 0.0426. The molecule has 1 aromatic rings. The van der Waals surface area contributed by atoms with Gasteiger partial charge in [0.2, 0.25) is 0 Å². The number of rotatable bonds is 5. The Labute approximate surface area is 89.0 Å². The third-order valence-corrected chi connectivity index (χ3v) is 3.88. The predicted molar refractivity (Wildman–Crippen MR) is 57.0 cm³/mol. The van der Waals surface area contributed by atoms with Crippen molar-refractivity contribution in [2.45, 2.75) is 17.9 Å². The molecule has 84 valence electrons. The molecule has 0 atom stereocenters. The first-order valence-electron chi connectivity index (χ1n) is 4.68. The van der Waals surface area contributed by atoms with E-state index in [4.69, 9.17) is 5.73 Å². The molecule has 0 saturated heterocycles. The maximum absolute atomic E-state index is 11.9. The summed E-state index contributed by atoms with van der Waals surface area (Å²) >= 11 is 0. The van der Waals surface area contributed by atoms with E-state index in [-0.39, 0.29) is 17.1 Å². The van der Waals surface area contributed by atoms with Crippen LogP contribution in [0.2, 0.25) is 0 Å². The molecule has 0 heterocycles. The highest BCUT2D eigenvalue weighted by molar-refractivity contribution is 7.91. The van der Waals surface area contributed by atoms with Crippen molar-refractivity contribution in [2.24, 2.45) is 5.73 Å². The molecule has 2 N–H and O–H groups in total. The van der Waals surface area contributed by atoms with Crippen LogP contribution in [0.1, 0.15) is 12.0 Å². The monoisotopic (exact) mass is 231 g/mol. The van der Waals surface area contributed by atoms with Gasteiger partial charge in [-0.1, -0.05) is 12.1 Å². The van der Waals surface area contributed by atoms with Crippen molar-refractivity contribution in [2.75, 3.05) is 12.4 Å². The van der Waals surface area contributed by atoms with E-state index >= 15 is 0 Å². The van der Waals surface area contributed by atoms with Gasteiger partial charge in [0.15, 0.2) is 9.84 Å². The third kappa shape index (κ3) is 3.28. The van der Waals surface area contributed by atoms with Crippen molar-refractivity contribution in [3.8, 4) is 0 Å². The number of hydrogen-bond acceptors (Lipinski definition) is 3. The number of nitrogens with two attached hydrogens (primary N) is 1. The molecule has 0 fully saturated rings. The summed E-state index contributed by atoms with van der Waals surface area (Å²) in [5, 5.41) is 0. The first-order chi connectivity index (χ1) is 7.10. The normalized spacial score (nSPS) is 11.6. The molecule has 0 unspecified atom stereocenters. The Morgan fingerprint density at radius 2 is 1.80 bits per heavy atom. The van der Waals surface area contributed by atoms with Crippen LogP contribution in [0.25, 0.3) is 0 Å². The van der Waals surface area contributed by atoms with E-state index in [1.165, 1.54) is 12.1 Å². The van der Waals surface area contributed by atoms with E-state index in [1.807, 2.05) is 0 Å². The van der Waals surface area contributed by atoms with Crippen LogP contribution in [0.5, 0.6) is 0 Å². The van der Waals surface area contributed by atoms with Gasteiger partial charge in [0.25, 0.3) is 0 Å². The fraction of sp³-hybridized carbons (Fsp3) is 0.400. The minimum absolute atomic E-state index is 0.0426. The van der Waals surface area contributed by atoms with Gasteiger partial charge in [-0.15, -0.1) is 0 Å². The molecule has 0 saturated carbocycles. The van der Waals surface area contributed by atoms with Crippen LogP contribution in [0.3, 0.4) is 0 Å². The van der Waals surface area contributed by atoms with Crippen molar-refractivity contribution in [3.63, 3.8) is 0 Å². The summed E-state index contributed by atoms with van der Waals surface area (Å²) in [6.45, 7) is -0.231. The molecule has 0 aliphatic heterocycles. The number of halogens is 1. The van der Waals surface area contributed by atoms with E-state index in [1.54, 1.807) is 12.1 Å². The third-order valence-electron chi connectivity index (χ3n) is 2.06. The van der Waals surface area contributed by atoms with Gasteiger partial charge < -0.3 is 5.73 Å². The molecule has 1 aromatic carbocycles. The van der Waals surface area contributed by atoms with Crippen molar-refractivity contribution >= 4 is 9.84 Å². The van der Waals surface area contributed by atoms with Crippen LogP contribution >= 0.6 is 0 Å². The summed E-state index contributed by atoms with van der Waals surface area (Å²) in [7, 11) is -3.33. The van der Waals surface area contributed by atoms with Gasteiger partial charge in [-0.05, 0) is 24.1 Å². The highest BCUT2D eigenvalue weighted by Crippen LogP contribution is 2.13. The first kappa shape index (κ1) is 12.1. The summed E-state index contributed by atoms with van der Waals surface area (Å²) < 4.78 is 35.1. The molecule has 0 amide bonds. The summed E-state index contributed by atoms with van der Waals surface area (Å²) in [6, 6.07) is 6.36. The highest BCUT2D eigenvalue weighted by atomic mass is 32.2. The van der Waals surface area contributed by atoms with Gasteiger partial charge in [-0.25, -0.2) is 8.42 Å². The Bertz CT molecular complexity index is 400. The summed E-state index contributed by atoms with van der Waals surface area (Å²) in [5.41, 5.74) is 6.26. The molecular weight excluding hydrogens is 217 g/mol. The second kappa shape index (κ2) is 5.23.